The summed E-state index contributed by atoms with van der Waals surface area (Å²) in [5.41, 5.74) is 1.99. The van der Waals surface area contributed by atoms with Crippen LogP contribution in [0, 0.1) is 0 Å². The molecule has 4 heteroatoms. The van der Waals surface area contributed by atoms with Gasteiger partial charge in [0.2, 0.25) is 0 Å². The number of phenols is 2. The van der Waals surface area contributed by atoms with Crippen molar-refractivity contribution >= 4 is 53.4 Å². The lowest BCUT2D eigenvalue weighted by molar-refractivity contribution is 0.475. The number of halogens is 2. The summed E-state index contributed by atoms with van der Waals surface area (Å²) in [6, 6.07) is 18.8. The minimum atomic E-state index is 0.230. The second-order valence-electron chi connectivity index (χ2n) is 5.72. The molecule has 0 amide bonds. The van der Waals surface area contributed by atoms with Crippen LogP contribution in [-0.2, 0) is 0 Å². The van der Waals surface area contributed by atoms with Gasteiger partial charge in [0.1, 0.15) is 11.5 Å². The maximum Gasteiger partial charge on any atom is 0.116 e. The highest BCUT2D eigenvalue weighted by molar-refractivity contribution is 9.10. The molecule has 0 aliphatic carbocycles. The van der Waals surface area contributed by atoms with E-state index in [2.05, 4.69) is 31.9 Å². The number of rotatable bonds is 1. The number of benzene rings is 4. The molecule has 0 heterocycles. The van der Waals surface area contributed by atoms with Crippen LogP contribution in [0.2, 0.25) is 0 Å². The van der Waals surface area contributed by atoms with Crippen molar-refractivity contribution in [3.63, 3.8) is 0 Å². The molecule has 24 heavy (non-hydrogen) atoms. The Bertz CT molecular complexity index is 1010. The fraction of sp³-hybridized carbons (Fsp3) is 0. The average molecular weight is 444 g/mol. The monoisotopic (exact) mass is 442 g/mol. The highest BCUT2D eigenvalue weighted by atomic mass is 79.9. The maximum atomic E-state index is 9.92. The molecular weight excluding hydrogens is 432 g/mol. The molecule has 0 aliphatic heterocycles. The Balaban J connectivity index is 2.17. The molecule has 0 radical (unpaired) electrons. The Kier molecular flexibility index (Phi) is 3.74. The van der Waals surface area contributed by atoms with Gasteiger partial charge in [-0.15, -0.1) is 0 Å². The number of fused-ring (bicyclic) bond motifs is 2. The van der Waals surface area contributed by atoms with Gasteiger partial charge in [-0.3, -0.25) is 0 Å². The molecule has 0 fully saturated rings. The molecule has 0 aromatic heterocycles. The van der Waals surface area contributed by atoms with E-state index >= 15 is 0 Å². The quantitative estimate of drug-likeness (QED) is 0.348. The van der Waals surface area contributed by atoms with E-state index in [1.807, 2.05) is 36.4 Å². The van der Waals surface area contributed by atoms with Crippen molar-refractivity contribution in [3.05, 3.63) is 69.6 Å². The Morgan fingerprint density at radius 1 is 0.542 bits per heavy atom. The standard InChI is InChI=1S/C20H12Br2O2/c21-13-5-11-1-3-15(23)9-17(11)19(7-13)20-8-14(22)6-12-2-4-16(24)10-18(12)20/h1-10,23-24H. The highest BCUT2D eigenvalue weighted by Gasteiger charge is 2.12. The lowest BCUT2D eigenvalue weighted by atomic mass is 9.94. The van der Waals surface area contributed by atoms with E-state index in [0.717, 1.165) is 41.6 Å². The summed E-state index contributed by atoms with van der Waals surface area (Å²) in [4.78, 5) is 0. The van der Waals surface area contributed by atoms with Gasteiger partial charge in [0.15, 0.2) is 0 Å². The van der Waals surface area contributed by atoms with Gasteiger partial charge in [-0.05, 0) is 81.2 Å². The van der Waals surface area contributed by atoms with Gasteiger partial charge >= 0.3 is 0 Å². The van der Waals surface area contributed by atoms with Crippen molar-refractivity contribution in [2.45, 2.75) is 0 Å². The number of hydrogen-bond donors (Lipinski definition) is 2. The smallest absolute Gasteiger partial charge is 0.116 e. The zero-order valence-electron chi connectivity index (χ0n) is 12.4. The van der Waals surface area contributed by atoms with Crippen LogP contribution in [0.1, 0.15) is 0 Å². The van der Waals surface area contributed by atoms with Crippen LogP contribution < -0.4 is 0 Å². The third-order valence-corrected chi connectivity index (χ3v) is 5.01. The minimum absolute atomic E-state index is 0.230. The molecule has 0 saturated heterocycles. The molecule has 118 valence electrons. The van der Waals surface area contributed by atoms with E-state index in [4.69, 9.17) is 0 Å². The van der Waals surface area contributed by atoms with Gasteiger partial charge in [-0.25, -0.2) is 0 Å². The van der Waals surface area contributed by atoms with Gasteiger partial charge in [0.25, 0.3) is 0 Å². The molecule has 4 aromatic carbocycles. The third-order valence-electron chi connectivity index (χ3n) is 4.10. The summed E-state index contributed by atoms with van der Waals surface area (Å²) < 4.78 is 1.92. The summed E-state index contributed by atoms with van der Waals surface area (Å²) in [6.45, 7) is 0. The van der Waals surface area contributed by atoms with Crippen LogP contribution in [0.3, 0.4) is 0 Å². The van der Waals surface area contributed by atoms with Crippen molar-refractivity contribution in [2.24, 2.45) is 0 Å². The van der Waals surface area contributed by atoms with E-state index in [9.17, 15) is 10.2 Å². The van der Waals surface area contributed by atoms with E-state index in [1.54, 1.807) is 24.3 Å². The van der Waals surface area contributed by atoms with E-state index in [1.165, 1.54) is 0 Å². The summed E-state index contributed by atoms with van der Waals surface area (Å²) in [5, 5.41) is 23.8. The predicted octanol–water partition coefficient (Wildman–Crippen LogP) is 6.60. The second kappa shape index (κ2) is 5.80. The normalized spacial score (nSPS) is 11.2. The van der Waals surface area contributed by atoms with Crippen LogP contribution in [0.15, 0.2) is 69.6 Å². The van der Waals surface area contributed by atoms with Gasteiger partial charge in [-0.2, -0.15) is 0 Å². The maximum absolute atomic E-state index is 9.92. The highest BCUT2D eigenvalue weighted by Crippen LogP contribution is 2.39. The van der Waals surface area contributed by atoms with Gasteiger partial charge in [-0.1, -0.05) is 44.0 Å². The summed E-state index contributed by atoms with van der Waals surface area (Å²) in [5.74, 6) is 0.460. The van der Waals surface area contributed by atoms with E-state index in [0.29, 0.717) is 0 Å². The van der Waals surface area contributed by atoms with Crippen LogP contribution >= 0.6 is 31.9 Å². The van der Waals surface area contributed by atoms with Gasteiger partial charge < -0.3 is 10.2 Å². The fourth-order valence-corrected chi connectivity index (χ4v) is 4.02. The molecule has 0 aliphatic rings. The summed E-state index contributed by atoms with van der Waals surface area (Å²) in [7, 11) is 0. The Morgan fingerprint density at radius 2 is 0.958 bits per heavy atom. The molecule has 0 bridgehead atoms. The molecule has 0 saturated carbocycles. The zero-order valence-corrected chi connectivity index (χ0v) is 15.6. The number of hydrogen-bond acceptors (Lipinski definition) is 2. The first-order valence-electron chi connectivity index (χ1n) is 7.36. The minimum Gasteiger partial charge on any atom is -0.508 e. The molecule has 4 rings (SSSR count). The predicted molar refractivity (Wildman–Crippen MR) is 106 cm³/mol. The SMILES string of the molecule is Oc1ccc2cc(Br)cc(-c3cc(Br)cc4ccc(O)cc34)c2c1. The van der Waals surface area contributed by atoms with Crippen molar-refractivity contribution in [1.82, 2.24) is 0 Å². The van der Waals surface area contributed by atoms with Crippen molar-refractivity contribution in [3.8, 4) is 22.6 Å². The molecule has 0 unspecified atom stereocenters. The molecule has 4 aromatic rings. The summed E-state index contributed by atoms with van der Waals surface area (Å²) >= 11 is 7.15. The van der Waals surface area contributed by atoms with Gasteiger partial charge in [0, 0.05) is 8.95 Å². The molecule has 0 spiro atoms. The Labute approximate surface area is 155 Å². The molecule has 0 atom stereocenters. The molecule has 2 N–H and O–H groups in total. The largest absolute Gasteiger partial charge is 0.508 e. The van der Waals surface area contributed by atoms with Crippen molar-refractivity contribution in [2.75, 3.05) is 0 Å². The van der Waals surface area contributed by atoms with E-state index < -0.39 is 0 Å². The van der Waals surface area contributed by atoms with Crippen LogP contribution in [0.5, 0.6) is 11.5 Å². The first-order chi connectivity index (χ1) is 11.5. The fourth-order valence-electron chi connectivity index (χ4n) is 3.06. The lowest BCUT2D eigenvalue weighted by Crippen LogP contribution is -1.86. The average Bonchev–Trinajstić information content (AvgIpc) is 2.54. The van der Waals surface area contributed by atoms with Crippen molar-refractivity contribution < 1.29 is 10.2 Å². The first-order valence-corrected chi connectivity index (χ1v) is 8.95. The first kappa shape index (κ1) is 15.5. The lowest BCUT2D eigenvalue weighted by Gasteiger charge is -2.13. The Morgan fingerprint density at radius 3 is 1.38 bits per heavy atom. The molecule has 2 nitrogen and oxygen atoms in total. The van der Waals surface area contributed by atoms with Crippen LogP contribution in [0.25, 0.3) is 32.7 Å². The van der Waals surface area contributed by atoms with E-state index in [-0.39, 0.29) is 11.5 Å². The van der Waals surface area contributed by atoms with Gasteiger partial charge in [0.05, 0.1) is 0 Å². The Hall–Kier alpha value is -2.04. The van der Waals surface area contributed by atoms with Crippen LogP contribution in [-0.4, -0.2) is 10.2 Å². The second-order valence-corrected chi connectivity index (χ2v) is 7.55. The van der Waals surface area contributed by atoms with Crippen molar-refractivity contribution in [1.29, 1.82) is 0 Å². The zero-order chi connectivity index (χ0) is 16.8. The third kappa shape index (κ3) is 2.66. The number of aromatic hydroxyl groups is 2. The number of phenolic OH excluding ortho intramolecular Hbond substituents is 2. The summed E-state index contributed by atoms with van der Waals surface area (Å²) in [6.07, 6.45) is 0. The van der Waals surface area contributed by atoms with Crippen LogP contribution in [0.4, 0.5) is 0 Å². The molecular formula is C20H12Br2O2. The topological polar surface area (TPSA) is 40.5 Å².